The maximum atomic E-state index is 11.9. The molecule has 2 rings (SSSR count). The SMILES string of the molecule is O=C(COc1ccc(Br)cc1)NNC(=S)NC(=O)CCCC(=O)OCCCc1ccccc1. The second-order valence-electron chi connectivity index (χ2n) is 6.96. The molecule has 176 valence electrons. The molecule has 0 aromatic heterocycles. The number of aryl methyl sites for hydroxylation is 1. The summed E-state index contributed by atoms with van der Waals surface area (Å²) in [7, 11) is 0. The molecule has 0 saturated carbocycles. The Hall–Kier alpha value is -2.98. The Kier molecular flexibility index (Phi) is 11.9. The fourth-order valence-electron chi connectivity index (χ4n) is 2.64. The number of carbonyl (C=O) groups excluding carboxylic acids is 3. The van der Waals surface area contributed by atoms with E-state index in [1.807, 2.05) is 30.3 Å². The second-order valence-corrected chi connectivity index (χ2v) is 8.28. The minimum atomic E-state index is -0.468. The molecule has 3 N–H and O–H groups in total. The summed E-state index contributed by atoms with van der Waals surface area (Å²) < 4.78 is 11.4. The lowest BCUT2D eigenvalue weighted by atomic mass is 10.1. The number of hydrogen-bond acceptors (Lipinski definition) is 6. The van der Waals surface area contributed by atoms with Crippen LogP contribution in [0, 0.1) is 0 Å². The second kappa shape index (κ2) is 15.0. The summed E-state index contributed by atoms with van der Waals surface area (Å²) in [6, 6.07) is 17.0. The largest absolute Gasteiger partial charge is 0.484 e. The maximum absolute atomic E-state index is 11.9. The highest BCUT2D eigenvalue weighted by Crippen LogP contribution is 2.15. The van der Waals surface area contributed by atoms with Crippen LogP contribution in [0.5, 0.6) is 5.75 Å². The molecule has 0 unspecified atom stereocenters. The van der Waals surface area contributed by atoms with Gasteiger partial charge in [-0.05, 0) is 61.3 Å². The molecule has 0 spiro atoms. The molecule has 10 heteroatoms. The van der Waals surface area contributed by atoms with Crippen LogP contribution in [0.2, 0.25) is 0 Å². The lowest BCUT2D eigenvalue weighted by Crippen LogP contribution is -2.49. The van der Waals surface area contributed by atoms with E-state index in [0.717, 1.165) is 17.3 Å². The normalized spacial score (nSPS) is 10.1. The zero-order valence-corrected chi connectivity index (χ0v) is 20.4. The van der Waals surface area contributed by atoms with Crippen molar-refractivity contribution in [1.82, 2.24) is 16.2 Å². The van der Waals surface area contributed by atoms with Crippen molar-refractivity contribution < 1.29 is 23.9 Å². The van der Waals surface area contributed by atoms with Gasteiger partial charge in [0.2, 0.25) is 5.91 Å². The first kappa shape index (κ1) is 26.3. The molecule has 0 atom stereocenters. The standard InChI is InChI=1S/C23H26BrN3O5S/c24-18-11-13-19(14-12-18)32-16-21(29)26-27-23(33)25-20(28)9-4-10-22(30)31-15-5-8-17-6-2-1-3-7-17/h1-3,6-7,11-14H,4-5,8-10,15-16H2,(H,26,29)(H2,25,27,28,33). The number of carbonyl (C=O) groups is 3. The van der Waals surface area contributed by atoms with Gasteiger partial charge in [0.15, 0.2) is 11.7 Å². The van der Waals surface area contributed by atoms with Crippen LogP contribution in [0.1, 0.15) is 31.2 Å². The molecule has 8 nitrogen and oxygen atoms in total. The molecular formula is C23H26BrN3O5S. The molecular weight excluding hydrogens is 510 g/mol. The Balaban J connectivity index is 1.49. The quantitative estimate of drug-likeness (QED) is 0.175. The predicted octanol–water partition coefficient (Wildman–Crippen LogP) is 3.20. The molecule has 0 radical (unpaired) electrons. The van der Waals surface area contributed by atoms with Crippen LogP contribution in [0.4, 0.5) is 0 Å². The monoisotopic (exact) mass is 535 g/mol. The zero-order valence-electron chi connectivity index (χ0n) is 18.0. The predicted molar refractivity (Wildman–Crippen MR) is 131 cm³/mol. The van der Waals surface area contributed by atoms with E-state index in [4.69, 9.17) is 21.7 Å². The smallest absolute Gasteiger partial charge is 0.305 e. The molecule has 0 aliphatic carbocycles. The van der Waals surface area contributed by atoms with Crippen molar-refractivity contribution in [2.24, 2.45) is 0 Å². The topological polar surface area (TPSA) is 106 Å². The number of nitrogens with one attached hydrogen (secondary N) is 3. The minimum Gasteiger partial charge on any atom is -0.484 e. The number of rotatable bonds is 11. The number of hydrazine groups is 1. The number of benzene rings is 2. The first-order chi connectivity index (χ1) is 15.9. The van der Waals surface area contributed by atoms with Gasteiger partial charge in [-0.2, -0.15) is 0 Å². The van der Waals surface area contributed by atoms with Crippen molar-refractivity contribution in [3.05, 3.63) is 64.6 Å². The van der Waals surface area contributed by atoms with E-state index in [0.29, 0.717) is 18.8 Å². The molecule has 2 aromatic rings. The van der Waals surface area contributed by atoms with Crippen LogP contribution in [-0.2, 0) is 25.5 Å². The maximum Gasteiger partial charge on any atom is 0.305 e. The fraction of sp³-hybridized carbons (Fsp3) is 0.304. The highest BCUT2D eigenvalue weighted by atomic mass is 79.9. The molecule has 2 amide bonds. The third-order valence-corrected chi connectivity index (χ3v) is 4.99. The van der Waals surface area contributed by atoms with E-state index < -0.39 is 5.91 Å². The summed E-state index contributed by atoms with van der Waals surface area (Å²) in [6.45, 7) is 0.123. The van der Waals surface area contributed by atoms with Crippen LogP contribution in [0.25, 0.3) is 0 Å². The first-order valence-corrected chi connectivity index (χ1v) is 11.6. The molecule has 2 aromatic carbocycles. The lowest BCUT2D eigenvalue weighted by Gasteiger charge is -2.11. The Morgan fingerprint density at radius 3 is 2.33 bits per heavy atom. The summed E-state index contributed by atoms with van der Waals surface area (Å²) >= 11 is 8.27. The van der Waals surface area contributed by atoms with Crippen molar-refractivity contribution in [2.45, 2.75) is 32.1 Å². The van der Waals surface area contributed by atoms with Gasteiger partial charge in [-0.15, -0.1) is 0 Å². The Bertz CT molecular complexity index is 925. The van der Waals surface area contributed by atoms with E-state index >= 15 is 0 Å². The van der Waals surface area contributed by atoms with Crippen molar-refractivity contribution in [3.8, 4) is 5.75 Å². The van der Waals surface area contributed by atoms with E-state index in [1.54, 1.807) is 24.3 Å². The number of thiocarbonyl (C=S) groups is 1. The van der Waals surface area contributed by atoms with Gasteiger partial charge < -0.3 is 14.8 Å². The van der Waals surface area contributed by atoms with Gasteiger partial charge in [0.05, 0.1) is 6.61 Å². The van der Waals surface area contributed by atoms with E-state index in [1.165, 1.54) is 5.56 Å². The Labute approximate surface area is 206 Å². The average Bonchev–Trinajstić information content (AvgIpc) is 2.81. The van der Waals surface area contributed by atoms with Gasteiger partial charge in [-0.25, -0.2) is 0 Å². The molecule has 0 fully saturated rings. The van der Waals surface area contributed by atoms with E-state index in [-0.39, 0.29) is 36.4 Å². The molecule has 33 heavy (non-hydrogen) atoms. The summed E-state index contributed by atoms with van der Waals surface area (Å²) in [5, 5.41) is 2.37. The number of hydrogen-bond donors (Lipinski definition) is 3. The first-order valence-electron chi connectivity index (χ1n) is 10.4. The minimum absolute atomic E-state index is 0.0551. The molecule has 0 bridgehead atoms. The van der Waals surface area contributed by atoms with Gasteiger partial charge in [0.1, 0.15) is 5.75 Å². The summed E-state index contributed by atoms with van der Waals surface area (Å²) in [5.41, 5.74) is 5.95. The average molecular weight is 536 g/mol. The van der Waals surface area contributed by atoms with Gasteiger partial charge in [0, 0.05) is 17.3 Å². The number of amides is 2. The molecule has 0 aliphatic rings. The van der Waals surface area contributed by atoms with Crippen LogP contribution in [0.15, 0.2) is 59.1 Å². The van der Waals surface area contributed by atoms with Crippen LogP contribution >= 0.6 is 28.1 Å². The Morgan fingerprint density at radius 1 is 0.879 bits per heavy atom. The van der Waals surface area contributed by atoms with Crippen molar-refractivity contribution in [3.63, 3.8) is 0 Å². The Morgan fingerprint density at radius 2 is 1.61 bits per heavy atom. The summed E-state index contributed by atoms with van der Waals surface area (Å²) in [5.74, 6) is -0.636. The molecule has 0 heterocycles. The van der Waals surface area contributed by atoms with Crippen LogP contribution < -0.4 is 20.9 Å². The number of ether oxygens (including phenoxy) is 2. The van der Waals surface area contributed by atoms with E-state index in [2.05, 4.69) is 32.1 Å². The summed E-state index contributed by atoms with van der Waals surface area (Å²) in [6.07, 6.45) is 2.16. The van der Waals surface area contributed by atoms with Gasteiger partial charge >= 0.3 is 5.97 Å². The summed E-state index contributed by atoms with van der Waals surface area (Å²) in [4.78, 5) is 35.4. The van der Waals surface area contributed by atoms with E-state index in [9.17, 15) is 14.4 Å². The molecule has 0 saturated heterocycles. The highest BCUT2D eigenvalue weighted by molar-refractivity contribution is 9.10. The number of halogens is 1. The fourth-order valence-corrected chi connectivity index (χ4v) is 3.06. The number of esters is 1. The zero-order chi connectivity index (χ0) is 23.9. The van der Waals surface area contributed by atoms with Crippen LogP contribution in [-0.4, -0.2) is 36.1 Å². The van der Waals surface area contributed by atoms with Crippen molar-refractivity contribution in [1.29, 1.82) is 0 Å². The van der Waals surface area contributed by atoms with Crippen molar-refractivity contribution >= 4 is 51.0 Å². The van der Waals surface area contributed by atoms with Gasteiger partial charge in [-0.3, -0.25) is 25.2 Å². The van der Waals surface area contributed by atoms with Crippen molar-refractivity contribution in [2.75, 3.05) is 13.2 Å². The van der Waals surface area contributed by atoms with Gasteiger partial charge in [0.25, 0.3) is 5.91 Å². The lowest BCUT2D eigenvalue weighted by molar-refractivity contribution is -0.143. The van der Waals surface area contributed by atoms with Crippen LogP contribution in [0.3, 0.4) is 0 Å². The third-order valence-electron chi connectivity index (χ3n) is 4.25. The molecule has 0 aliphatic heterocycles. The highest BCUT2D eigenvalue weighted by Gasteiger charge is 2.09. The third kappa shape index (κ3) is 12.0. The van der Waals surface area contributed by atoms with Gasteiger partial charge in [-0.1, -0.05) is 46.3 Å².